The molecular formula is C28H36N2O4S. The lowest BCUT2D eigenvalue weighted by Crippen LogP contribution is -2.39. The van der Waals surface area contributed by atoms with Gasteiger partial charge in [-0.05, 0) is 57.7 Å². The molecule has 0 spiro atoms. The fourth-order valence-corrected chi connectivity index (χ4v) is 6.12. The number of piperidine rings is 1. The van der Waals surface area contributed by atoms with Gasteiger partial charge in [-0.1, -0.05) is 30.5 Å². The molecule has 188 valence electrons. The molecule has 1 aliphatic carbocycles. The Kier molecular flexibility index (Phi) is 8.84. The van der Waals surface area contributed by atoms with E-state index in [-0.39, 0.29) is 42.2 Å². The summed E-state index contributed by atoms with van der Waals surface area (Å²) in [7, 11) is 0. The van der Waals surface area contributed by atoms with Gasteiger partial charge in [0.15, 0.2) is 5.78 Å². The summed E-state index contributed by atoms with van der Waals surface area (Å²) < 4.78 is 5.20. The average Bonchev–Trinajstić information content (AvgIpc) is 3.53. The van der Waals surface area contributed by atoms with E-state index in [2.05, 4.69) is 4.90 Å². The van der Waals surface area contributed by atoms with Crippen LogP contribution in [0.15, 0.2) is 23.6 Å². The van der Waals surface area contributed by atoms with Crippen molar-refractivity contribution in [2.24, 2.45) is 11.8 Å². The third-order valence-corrected chi connectivity index (χ3v) is 8.00. The molecule has 1 aromatic carbocycles. The largest absolute Gasteiger partial charge is 0.466 e. The average molecular weight is 497 g/mol. The summed E-state index contributed by atoms with van der Waals surface area (Å²) in [6.07, 6.45) is 6.53. The first-order valence-corrected chi connectivity index (χ1v) is 13.8. The molecule has 0 amide bonds. The van der Waals surface area contributed by atoms with Crippen LogP contribution in [0.5, 0.6) is 0 Å². The van der Waals surface area contributed by atoms with E-state index in [1.807, 2.05) is 37.4 Å². The number of hydrogen-bond donors (Lipinski definition) is 0. The number of ether oxygens (including phenoxy) is 1. The highest BCUT2D eigenvalue weighted by molar-refractivity contribution is 7.09. The molecule has 2 aromatic rings. The van der Waals surface area contributed by atoms with Crippen LogP contribution >= 0.6 is 11.3 Å². The smallest absolute Gasteiger partial charge is 0.310 e. The molecule has 4 rings (SSSR count). The van der Waals surface area contributed by atoms with Gasteiger partial charge in [-0.2, -0.15) is 0 Å². The van der Waals surface area contributed by atoms with E-state index < -0.39 is 0 Å². The SMILES string of the molecule is CCOC(=O)[C@H]1CCCN(Cc2csc(CC(=O)Cc3ccc(C)cc3C(=O)C3CCCC3)n2)C1. The van der Waals surface area contributed by atoms with Gasteiger partial charge in [0, 0.05) is 36.4 Å². The predicted molar refractivity (Wildman–Crippen MR) is 137 cm³/mol. The summed E-state index contributed by atoms with van der Waals surface area (Å²) in [5.41, 5.74) is 3.56. The first-order valence-electron chi connectivity index (χ1n) is 12.9. The van der Waals surface area contributed by atoms with E-state index >= 15 is 0 Å². The number of hydrogen-bond acceptors (Lipinski definition) is 7. The number of rotatable bonds is 10. The summed E-state index contributed by atoms with van der Waals surface area (Å²) in [5.74, 6) is 0.205. The van der Waals surface area contributed by atoms with E-state index in [4.69, 9.17) is 9.72 Å². The summed E-state index contributed by atoms with van der Waals surface area (Å²) in [6.45, 7) is 6.55. The third-order valence-electron chi connectivity index (χ3n) is 7.10. The Hall–Kier alpha value is -2.38. The van der Waals surface area contributed by atoms with Crippen LogP contribution in [0, 0.1) is 18.8 Å². The van der Waals surface area contributed by atoms with Crippen molar-refractivity contribution in [3.8, 4) is 0 Å². The Morgan fingerprint density at radius 2 is 1.86 bits per heavy atom. The van der Waals surface area contributed by atoms with Gasteiger partial charge in [0.05, 0.1) is 24.6 Å². The van der Waals surface area contributed by atoms with Crippen LogP contribution in [0.1, 0.15) is 77.6 Å². The van der Waals surface area contributed by atoms with Gasteiger partial charge in [-0.15, -0.1) is 11.3 Å². The number of esters is 1. The van der Waals surface area contributed by atoms with Gasteiger partial charge in [0.2, 0.25) is 0 Å². The van der Waals surface area contributed by atoms with Crippen LogP contribution in [-0.2, 0) is 33.7 Å². The summed E-state index contributed by atoms with van der Waals surface area (Å²) in [5, 5.41) is 2.82. The van der Waals surface area contributed by atoms with E-state index in [1.165, 1.54) is 11.3 Å². The second-order valence-electron chi connectivity index (χ2n) is 9.96. The highest BCUT2D eigenvalue weighted by Gasteiger charge is 2.28. The molecule has 1 aliphatic heterocycles. The highest BCUT2D eigenvalue weighted by atomic mass is 32.1. The summed E-state index contributed by atoms with van der Waals surface area (Å²) in [4.78, 5) is 45.1. The molecule has 1 saturated carbocycles. The van der Waals surface area contributed by atoms with Crippen molar-refractivity contribution in [3.63, 3.8) is 0 Å². The molecule has 1 aromatic heterocycles. The first-order chi connectivity index (χ1) is 16.9. The van der Waals surface area contributed by atoms with Crippen LogP contribution in [0.25, 0.3) is 0 Å². The molecule has 7 heteroatoms. The lowest BCUT2D eigenvalue weighted by molar-refractivity contribution is -0.150. The first kappa shape index (κ1) is 25.7. The van der Waals surface area contributed by atoms with Crippen molar-refractivity contribution < 1.29 is 19.1 Å². The van der Waals surface area contributed by atoms with Gasteiger partial charge >= 0.3 is 5.97 Å². The molecule has 2 aliphatic rings. The predicted octanol–water partition coefficient (Wildman–Crippen LogP) is 4.95. The van der Waals surface area contributed by atoms with Gasteiger partial charge in [0.25, 0.3) is 0 Å². The molecule has 6 nitrogen and oxygen atoms in total. The maximum Gasteiger partial charge on any atom is 0.310 e. The van der Waals surface area contributed by atoms with Gasteiger partial charge < -0.3 is 4.74 Å². The Balaban J connectivity index is 1.34. The number of Topliss-reactive ketones (excluding diaryl/α,β-unsaturated/α-hetero) is 2. The zero-order valence-corrected chi connectivity index (χ0v) is 21.7. The Bertz CT molecular complexity index is 1060. The molecule has 0 radical (unpaired) electrons. The van der Waals surface area contributed by atoms with Crippen LogP contribution < -0.4 is 0 Å². The topological polar surface area (TPSA) is 76.6 Å². The minimum absolute atomic E-state index is 0.0703. The molecule has 1 atom stereocenters. The molecule has 0 N–H and O–H groups in total. The van der Waals surface area contributed by atoms with E-state index in [0.29, 0.717) is 19.7 Å². The minimum Gasteiger partial charge on any atom is -0.466 e. The number of aryl methyl sites for hydroxylation is 1. The van der Waals surface area contributed by atoms with Gasteiger partial charge in [0.1, 0.15) is 10.8 Å². The number of carbonyl (C=O) groups excluding carboxylic acids is 3. The third kappa shape index (κ3) is 6.85. The van der Waals surface area contributed by atoms with Crippen LogP contribution in [0.4, 0.5) is 0 Å². The lowest BCUT2D eigenvalue weighted by Gasteiger charge is -2.30. The zero-order chi connectivity index (χ0) is 24.8. The molecule has 2 fully saturated rings. The fourth-order valence-electron chi connectivity index (χ4n) is 5.31. The molecule has 0 unspecified atom stereocenters. The molecule has 0 bridgehead atoms. The number of aromatic nitrogens is 1. The fraction of sp³-hybridized carbons (Fsp3) is 0.571. The normalized spacial score (nSPS) is 19.1. The Morgan fingerprint density at radius 1 is 1.09 bits per heavy atom. The summed E-state index contributed by atoms with van der Waals surface area (Å²) in [6, 6.07) is 5.88. The zero-order valence-electron chi connectivity index (χ0n) is 20.9. The lowest BCUT2D eigenvalue weighted by atomic mass is 9.90. The van der Waals surface area contributed by atoms with Crippen molar-refractivity contribution >= 4 is 28.9 Å². The van der Waals surface area contributed by atoms with E-state index in [9.17, 15) is 14.4 Å². The van der Waals surface area contributed by atoms with Crippen molar-refractivity contribution in [2.75, 3.05) is 19.7 Å². The van der Waals surface area contributed by atoms with E-state index in [1.54, 1.807) is 0 Å². The highest BCUT2D eigenvalue weighted by Crippen LogP contribution is 2.30. The van der Waals surface area contributed by atoms with Crippen molar-refractivity contribution in [1.82, 2.24) is 9.88 Å². The number of nitrogens with zero attached hydrogens (tertiary/aromatic N) is 2. The summed E-state index contributed by atoms with van der Waals surface area (Å²) >= 11 is 1.51. The number of carbonyl (C=O) groups is 3. The van der Waals surface area contributed by atoms with Crippen molar-refractivity contribution in [3.05, 3.63) is 51.0 Å². The maximum absolute atomic E-state index is 13.1. The van der Waals surface area contributed by atoms with Gasteiger partial charge in [-0.3, -0.25) is 19.3 Å². The molecule has 35 heavy (non-hydrogen) atoms. The van der Waals surface area contributed by atoms with Crippen LogP contribution in [0.3, 0.4) is 0 Å². The molecule has 1 saturated heterocycles. The number of thiazole rings is 1. The second kappa shape index (κ2) is 12.0. The monoisotopic (exact) mass is 496 g/mol. The Labute approximate surface area is 212 Å². The quantitative estimate of drug-likeness (QED) is 0.342. The number of ketones is 2. The number of benzene rings is 1. The van der Waals surface area contributed by atoms with Gasteiger partial charge in [-0.25, -0.2) is 4.98 Å². The standard InChI is InChI=1S/C28H36N2O4S/c1-3-34-28(33)22-9-6-12-30(16-22)17-23-18-35-26(29-23)15-24(31)14-21-11-10-19(2)13-25(21)27(32)20-7-4-5-8-20/h10-11,13,18,20,22H,3-9,12,14-17H2,1-2H3/t22-/m0/s1. The van der Waals surface area contributed by atoms with Crippen LogP contribution in [0.2, 0.25) is 0 Å². The van der Waals surface area contributed by atoms with Crippen molar-refractivity contribution in [1.29, 1.82) is 0 Å². The minimum atomic E-state index is -0.108. The van der Waals surface area contributed by atoms with Crippen LogP contribution in [-0.4, -0.2) is 47.1 Å². The molecule has 2 heterocycles. The Morgan fingerprint density at radius 3 is 2.63 bits per heavy atom. The van der Waals surface area contributed by atoms with Crippen molar-refractivity contribution in [2.45, 2.75) is 71.8 Å². The number of likely N-dealkylation sites (tertiary alicyclic amines) is 1. The second-order valence-corrected chi connectivity index (χ2v) is 10.9. The van der Waals surface area contributed by atoms with E-state index in [0.717, 1.165) is 72.5 Å². The maximum atomic E-state index is 13.1. The molecular weight excluding hydrogens is 460 g/mol.